The monoisotopic (exact) mass is 288 g/mol. The summed E-state index contributed by atoms with van der Waals surface area (Å²) in [5, 5.41) is 1.76. The summed E-state index contributed by atoms with van der Waals surface area (Å²) in [7, 11) is 0. The molecule has 0 saturated heterocycles. The first-order valence-electron chi connectivity index (χ1n) is 5.29. The Balaban J connectivity index is 2.29. The van der Waals surface area contributed by atoms with Crippen LogP contribution in [0, 0.1) is 5.82 Å². The predicted molar refractivity (Wildman–Crippen MR) is 63.8 cm³/mol. The summed E-state index contributed by atoms with van der Waals surface area (Å²) in [4.78, 5) is 12.5. The molecular formula is C13H8F4OS. The molecule has 0 aliphatic heterocycles. The highest BCUT2D eigenvalue weighted by molar-refractivity contribution is 7.10. The molecule has 1 aromatic carbocycles. The number of alkyl halides is 3. The molecule has 0 atom stereocenters. The van der Waals surface area contributed by atoms with Crippen LogP contribution in [0.4, 0.5) is 17.6 Å². The third-order valence-corrected chi connectivity index (χ3v) is 3.34. The van der Waals surface area contributed by atoms with Gasteiger partial charge in [0.05, 0.1) is 5.56 Å². The van der Waals surface area contributed by atoms with Crippen molar-refractivity contribution in [2.45, 2.75) is 12.6 Å². The number of Topliss-reactive ketones (excluding diaryl/α,β-unsaturated/α-hetero) is 1. The Labute approximate surface area is 110 Å². The maximum atomic E-state index is 13.1. The largest absolute Gasteiger partial charge is 0.416 e. The van der Waals surface area contributed by atoms with Gasteiger partial charge in [0.1, 0.15) is 5.82 Å². The van der Waals surface area contributed by atoms with Crippen molar-refractivity contribution in [2.24, 2.45) is 0 Å². The van der Waals surface area contributed by atoms with Crippen molar-refractivity contribution in [2.75, 3.05) is 0 Å². The minimum atomic E-state index is -4.67. The van der Waals surface area contributed by atoms with Gasteiger partial charge in [0.2, 0.25) is 0 Å². The SMILES string of the molecule is O=C(Cc1cccs1)c1cc(F)cc(C(F)(F)F)c1. The molecule has 0 fully saturated rings. The van der Waals surface area contributed by atoms with Crippen molar-refractivity contribution >= 4 is 17.1 Å². The molecule has 0 aliphatic rings. The number of benzene rings is 1. The molecule has 2 aromatic rings. The van der Waals surface area contributed by atoms with Crippen molar-refractivity contribution in [1.82, 2.24) is 0 Å². The Morgan fingerprint density at radius 3 is 2.53 bits per heavy atom. The van der Waals surface area contributed by atoms with E-state index < -0.39 is 23.3 Å². The number of carbonyl (C=O) groups excluding carboxylic acids is 1. The molecule has 100 valence electrons. The van der Waals surface area contributed by atoms with Crippen molar-refractivity contribution in [3.8, 4) is 0 Å². The van der Waals surface area contributed by atoms with Gasteiger partial charge in [0.15, 0.2) is 5.78 Å². The molecule has 0 unspecified atom stereocenters. The van der Waals surface area contributed by atoms with Crippen molar-refractivity contribution in [1.29, 1.82) is 0 Å². The molecule has 1 aromatic heterocycles. The fourth-order valence-corrected chi connectivity index (χ4v) is 2.29. The number of halogens is 4. The molecule has 0 radical (unpaired) electrons. The van der Waals surface area contributed by atoms with E-state index in [9.17, 15) is 22.4 Å². The quantitative estimate of drug-likeness (QED) is 0.607. The number of ketones is 1. The van der Waals surface area contributed by atoms with E-state index in [1.807, 2.05) is 0 Å². The average Bonchev–Trinajstić information content (AvgIpc) is 2.79. The van der Waals surface area contributed by atoms with E-state index in [1.54, 1.807) is 17.5 Å². The van der Waals surface area contributed by atoms with Gasteiger partial charge in [-0.05, 0) is 29.6 Å². The molecule has 19 heavy (non-hydrogen) atoms. The van der Waals surface area contributed by atoms with Gasteiger partial charge < -0.3 is 0 Å². The Kier molecular flexibility index (Phi) is 3.71. The van der Waals surface area contributed by atoms with Crippen LogP contribution in [0.3, 0.4) is 0 Å². The number of rotatable bonds is 3. The molecule has 0 spiro atoms. The number of carbonyl (C=O) groups is 1. The van der Waals surface area contributed by atoms with E-state index >= 15 is 0 Å². The third-order valence-electron chi connectivity index (χ3n) is 2.46. The van der Waals surface area contributed by atoms with Crippen molar-refractivity contribution in [3.63, 3.8) is 0 Å². The Hall–Kier alpha value is -1.69. The van der Waals surface area contributed by atoms with Crippen LogP contribution in [0.25, 0.3) is 0 Å². The molecule has 0 bridgehead atoms. The first-order chi connectivity index (χ1) is 8.86. The van der Waals surface area contributed by atoms with E-state index in [4.69, 9.17) is 0 Å². The molecular weight excluding hydrogens is 280 g/mol. The standard InChI is InChI=1S/C13H8F4OS/c14-10-5-8(4-9(6-10)13(15,16)17)12(18)7-11-2-1-3-19-11/h1-6H,7H2. The predicted octanol–water partition coefficient (Wildman–Crippen LogP) is 4.33. The van der Waals surface area contributed by atoms with Crippen LogP contribution in [0.1, 0.15) is 20.8 Å². The lowest BCUT2D eigenvalue weighted by Crippen LogP contribution is -2.09. The molecule has 2 rings (SSSR count). The van der Waals surface area contributed by atoms with Crippen LogP contribution in [-0.4, -0.2) is 5.78 Å². The van der Waals surface area contributed by atoms with Crippen LogP contribution in [0.15, 0.2) is 35.7 Å². The Morgan fingerprint density at radius 1 is 1.21 bits per heavy atom. The second kappa shape index (κ2) is 5.13. The van der Waals surface area contributed by atoms with Gasteiger partial charge in [-0.25, -0.2) is 4.39 Å². The summed E-state index contributed by atoms with van der Waals surface area (Å²) >= 11 is 1.32. The lowest BCUT2D eigenvalue weighted by molar-refractivity contribution is -0.137. The Morgan fingerprint density at radius 2 is 1.95 bits per heavy atom. The highest BCUT2D eigenvalue weighted by Gasteiger charge is 2.31. The number of hydrogen-bond acceptors (Lipinski definition) is 2. The summed E-state index contributed by atoms with van der Waals surface area (Å²) < 4.78 is 50.7. The van der Waals surface area contributed by atoms with E-state index in [-0.39, 0.29) is 12.0 Å². The van der Waals surface area contributed by atoms with Crippen molar-refractivity contribution < 1.29 is 22.4 Å². The zero-order valence-corrected chi connectivity index (χ0v) is 10.3. The molecule has 0 aliphatic carbocycles. The van der Waals surface area contributed by atoms with Crippen molar-refractivity contribution in [3.05, 3.63) is 57.5 Å². The van der Waals surface area contributed by atoms with Gasteiger partial charge in [0.25, 0.3) is 0 Å². The maximum Gasteiger partial charge on any atom is 0.416 e. The minimum absolute atomic E-state index is 0.0293. The normalized spacial score (nSPS) is 11.6. The average molecular weight is 288 g/mol. The van der Waals surface area contributed by atoms with E-state index in [0.29, 0.717) is 12.1 Å². The van der Waals surface area contributed by atoms with E-state index in [2.05, 4.69) is 0 Å². The smallest absolute Gasteiger partial charge is 0.294 e. The fourth-order valence-electron chi connectivity index (χ4n) is 1.59. The van der Waals surface area contributed by atoms with Crippen LogP contribution in [0.2, 0.25) is 0 Å². The minimum Gasteiger partial charge on any atom is -0.294 e. The third kappa shape index (κ3) is 3.41. The molecule has 0 amide bonds. The zero-order valence-electron chi connectivity index (χ0n) is 9.50. The maximum absolute atomic E-state index is 13.1. The number of thiophene rings is 1. The van der Waals surface area contributed by atoms with Crippen LogP contribution in [0.5, 0.6) is 0 Å². The molecule has 1 heterocycles. The van der Waals surface area contributed by atoms with Crippen LogP contribution < -0.4 is 0 Å². The Bertz CT molecular complexity index is 587. The summed E-state index contributed by atoms with van der Waals surface area (Å²) in [5.74, 6) is -1.60. The summed E-state index contributed by atoms with van der Waals surface area (Å²) in [6.07, 6.45) is -4.70. The molecule has 0 saturated carbocycles. The second-order valence-electron chi connectivity index (χ2n) is 3.91. The van der Waals surface area contributed by atoms with Gasteiger partial charge in [-0.2, -0.15) is 13.2 Å². The molecule has 1 nitrogen and oxygen atoms in total. The summed E-state index contributed by atoms with van der Waals surface area (Å²) in [6, 6.07) is 5.32. The van der Waals surface area contributed by atoms with Gasteiger partial charge in [-0.15, -0.1) is 11.3 Å². The second-order valence-corrected chi connectivity index (χ2v) is 4.94. The van der Waals surface area contributed by atoms with Gasteiger partial charge in [-0.1, -0.05) is 6.07 Å². The summed E-state index contributed by atoms with van der Waals surface area (Å²) in [6.45, 7) is 0. The zero-order chi connectivity index (χ0) is 14.0. The van der Waals surface area contributed by atoms with Crippen LogP contribution in [-0.2, 0) is 12.6 Å². The van der Waals surface area contributed by atoms with Gasteiger partial charge in [-0.3, -0.25) is 4.79 Å². The van der Waals surface area contributed by atoms with Crippen LogP contribution >= 0.6 is 11.3 Å². The first kappa shape index (κ1) is 13.7. The lowest BCUT2D eigenvalue weighted by atomic mass is 10.0. The van der Waals surface area contributed by atoms with E-state index in [0.717, 1.165) is 10.9 Å². The van der Waals surface area contributed by atoms with Gasteiger partial charge in [0, 0.05) is 16.9 Å². The molecule has 6 heteroatoms. The highest BCUT2D eigenvalue weighted by Crippen LogP contribution is 2.30. The topological polar surface area (TPSA) is 17.1 Å². The summed E-state index contributed by atoms with van der Waals surface area (Å²) in [5.41, 5.74) is -1.41. The van der Waals surface area contributed by atoms with E-state index in [1.165, 1.54) is 11.3 Å². The lowest BCUT2D eigenvalue weighted by Gasteiger charge is -2.08. The molecule has 0 N–H and O–H groups in total. The fraction of sp³-hybridized carbons (Fsp3) is 0.154. The highest BCUT2D eigenvalue weighted by atomic mass is 32.1. The first-order valence-corrected chi connectivity index (χ1v) is 6.17. The number of hydrogen-bond donors (Lipinski definition) is 0. The van der Waals surface area contributed by atoms with Gasteiger partial charge >= 0.3 is 6.18 Å².